The number of carbonyl (C=O) groups excluding carboxylic acids is 5. The highest BCUT2D eigenvalue weighted by Crippen LogP contribution is 2.41. The lowest BCUT2D eigenvalue weighted by atomic mass is 9.92. The fourth-order valence-electron chi connectivity index (χ4n) is 9.05. The molecule has 7 rings (SSSR count). The maximum Gasteiger partial charge on any atom is 0.269 e. The molecule has 0 saturated carbocycles. The number of fused-ring (bicyclic) bond motifs is 1. The van der Waals surface area contributed by atoms with Gasteiger partial charge < -0.3 is 39.2 Å². The maximum absolute atomic E-state index is 13.2. The number of anilines is 3. The zero-order valence-electron chi connectivity index (χ0n) is 38.3. The summed E-state index contributed by atoms with van der Waals surface area (Å²) >= 11 is 0. The van der Waals surface area contributed by atoms with E-state index in [1.807, 2.05) is 36.3 Å². The topological polar surface area (TPSA) is 171 Å². The van der Waals surface area contributed by atoms with Gasteiger partial charge in [-0.2, -0.15) is 0 Å². The predicted octanol–water partition coefficient (Wildman–Crippen LogP) is 4.81. The number of hydrazine groups is 1. The number of carbonyl (C=O) groups is 5. The smallest absolute Gasteiger partial charge is 0.269 e. The number of ether oxygens (including phenoxy) is 1. The second-order valence-electron chi connectivity index (χ2n) is 17.3. The van der Waals surface area contributed by atoms with E-state index < -0.39 is 6.04 Å². The third kappa shape index (κ3) is 10.5. The number of hydrogen-bond donors (Lipinski definition) is 3. The number of aromatic amines is 1. The maximum atomic E-state index is 13.2. The Balaban J connectivity index is 1.04. The Bertz CT molecular complexity index is 2470. The van der Waals surface area contributed by atoms with Gasteiger partial charge in [-0.3, -0.25) is 34.2 Å². The van der Waals surface area contributed by atoms with Crippen LogP contribution in [0.3, 0.4) is 0 Å². The molecular weight excluding hydrogens is 825 g/mol. The minimum absolute atomic E-state index is 0.00283. The van der Waals surface area contributed by atoms with E-state index in [4.69, 9.17) is 10.6 Å². The van der Waals surface area contributed by atoms with Crippen LogP contribution in [0, 0.1) is 0 Å². The van der Waals surface area contributed by atoms with Crippen molar-refractivity contribution < 1.29 is 28.7 Å². The number of piperazine rings is 1. The molecule has 4 heterocycles. The first kappa shape index (κ1) is 46.3. The first-order valence-electron chi connectivity index (χ1n) is 22.3. The van der Waals surface area contributed by atoms with Gasteiger partial charge in [0.25, 0.3) is 5.91 Å². The van der Waals surface area contributed by atoms with Gasteiger partial charge in [0.1, 0.15) is 17.5 Å². The lowest BCUT2D eigenvalue weighted by molar-refractivity contribution is -0.134. The van der Waals surface area contributed by atoms with E-state index in [0.717, 1.165) is 126 Å². The monoisotopic (exact) mass is 886 g/mol. The van der Waals surface area contributed by atoms with Crippen LogP contribution in [0.4, 0.5) is 17.1 Å². The van der Waals surface area contributed by atoms with Gasteiger partial charge in [-0.05, 0) is 103 Å². The summed E-state index contributed by atoms with van der Waals surface area (Å²) in [6, 6.07) is 18.0. The van der Waals surface area contributed by atoms with Crippen molar-refractivity contribution in [1.29, 1.82) is 0 Å². The van der Waals surface area contributed by atoms with E-state index in [-0.39, 0.29) is 36.5 Å². The molecule has 65 heavy (non-hydrogen) atoms. The molecule has 0 spiro atoms. The molecule has 1 unspecified atom stereocenters. The first-order chi connectivity index (χ1) is 31.3. The number of imide groups is 1. The standard InChI is InChI=1S/C49H62N10O6/c1-7-59(50)21-18-47(62)58-20-9-11-34(31-58)35-27-38(39-30-41(49(64)53(2)3)51-40(39)28-35)37-14-13-36(29-45(37)65-6)57-24-22-56(23-25-57)19-8-10-33-12-15-42(44(26-33)54(4)32-60)55(5)43-16-17-46(61)52-48(43)63/h7,12-15,26-32,43,51H,1,8-11,16-25,50H2,2-6H3,(H,52,61,63). The first-order valence-corrected chi connectivity index (χ1v) is 22.3. The SMILES string of the molecule is C=CN(N)CCC(=O)N1C=C(c2cc(-c3ccc(N4CCN(CCCc5ccc(N(C)C6CCC(=O)NC6=O)c(N(C)C=O)c5)CC4)cc3OC)c3cc(C(=O)N(C)C)[nH]c3c2)CCC1. The molecule has 4 aromatic rings. The highest BCUT2D eigenvalue weighted by molar-refractivity contribution is 6.05. The quantitative estimate of drug-likeness (QED) is 0.0576. The van der Waals surface area contributed by atoms with Crippen molar-refractivity contribution in [3.8, 4) is 16.9 Å². The molecule has 1 aromatic heterocycles. The molecular formula is C49H62N10O6. The number of piperidine rings is 1. The van der Waals surface area contributed by atoms with E-state index in [2.05, 4.69) is 63.1 Å². The fourth-order valence-corrected chi connectivity index (χ4v) is 9.05. The van der Waals surface area contributed by atoms with Crippen molar-refractivity contribution in [1.82, 2.24) is 30.0 Å². The summed E-state index contributed by atoms with van der Waals surface area (Å²) in [5, 5.41) is 4.74. The summed E-state index contributed by atoms with van der Waals surface area (Å²) in [6.45, 7) is 9.13. The molecule has 4 N–H and O–H groups in total. The van der Waals surface area contributed by atoms with Gasteiger partial charge in [-0.15, -0.1) is 0 Å². The van der Waals surface area contributed by atoms with Crippen molar-refractivity contribution in [2.24, 2.45) is 5.84 Å². The minimum Gasteiger partial charge on any atom is -0.496 e. The van der Waals surface area contributed by atoms with Crippen LogP contribution in [0.5, 0.6) is 5.75 Å². The number of H-pyrrole nitrogens is 1. The molecule has 0 bridgehead atoms. The number of methoxy groups -OCH3 is 1. The van der Waals surface area contributed by atoms with Crippen molar-refractivity contribution in [3.63, 3.8) is 0 Å². The molecule has 2 fully saturated rings. The highest BCUT2D eigenvalue weighted by Gasteiger charge is 2.31. The lowest BCUT2D eigenvalue weighted by Gasteiger charge is -2.36. The van der Waals surface area contributed by atoms with E-state index in [9.17, 15) is 24.0 Å². The Labute approximate surface area is 381 Å². The van der Waals surface area contributed by atoms with E-state index in [1.165, 1.54) is 16.1 Å². The zero-order chi connectivity index (χ0) is 46.4. The Kier molecular flexibility index (Phi) is 14.6. The number of nitrogens with two attached hydrogens (primary N) is 1. The number of aromatic nitrogens is 1. The third-order valence-corrected chi connectivity index (χ3v) is 12.8. The fraction of sp³-hybridized carbons (Fsp3) is 0.408. The molecule has 2 saturated heterocycles. The predicted molar refractivity (Wildman–Crippen MR) is 255 cm³/mol. The number of likely N-dealkylation sites (N-methyl/N-ethyl adjacent to an activating group) is 1. The largest absolute Gasteiger partial charge is 0.496 e. The van der Waals surface area contributed by atoms with Crippen LogP contribution in [0.15, 0.2) is 73.6 Å². The van der Waals surface area contributed by atoms with Crippen molar-refractivity contribution in [2.45, 2.75) is 51.0 Å². The second-order valence-corrected chi connectivity index (χ2v) is 17.3. The molecule has 16 heteroatoms. The minimum atomic E-state index is -0.494. The lowest BCUT2D eigenvalue weighted by Crippen LogP contribution is -2.51. The van der Waals surface area contributed by atoms with Crippen LogP contribution in [0.1, 0.15) is 60.1 Å². The van der Waals surface area contributed by atoms with Crippen molar-refractivity contribution in [3.05, 3.63) is 90.4 Å². The summed E-state index contributed by atoms with van der Waals surface area (Å²) in [5.74, 6) is 5.86. The van der Waals surface area contributed by atoms with Gasteiger partial charge in [0.05, 0.1) is 18.5 Å². The zero-order valence-corrected chi connectivity index (χ0v) is 38.3. The molecule has 344 valence electrons. The molecule has 3 aliphatic heterocycles. The average Bonchev–Trinajstić information content (AvgIpc) is 3.76. The van der Waals surface area contributed by atoms with E-state index in [1.54, 1.807) is 38.1 Å². The van der Waals surface area contributed by atoms with E-state index in [0.29, 0.717) is 25.2 Å². The number of rotatable bonds is 17. The van der Waals surface area contributed by atoms with Crippen LogP contribution in [-0.2, 0) is 25.6 Å². The van der Waals surface area contributed by atoms with Gasteiger partial charge >= 0.3 is 0 Å². The number of nitrogens with zero attached hydrogens (tertiary/aromatic N) is 7. The number of allylic oxidation sites excluding steroid dienone is 1. The number of amides is 5. The Hall–Kier alpha value is -6.65. The third-order valence-electron chi connectivity index (χ3n) is 12.8. The Morgan fingerprint density at radius 1 is 0.938 bits per heavy atom. The van der Waals surface area contributed by atoms with Crippen LogP contribution in [0.25, 0.3) is 27.6 Å². The molecule has 0 radical (unpaired) electrons. The normalized spacial score (nSPS) is 16.8. The summed E-state index contributed by atoms with van der Waals surface area (Å²) in [5.41, 5.74) is 8.79. The van der Waals surface area contributed by atoms with Gasteiger partial charge in [-0.1, -0.05) is 12.6 Å². The Morgan fingerprint density at radius 3 is 2.43 bits per heavy atom. The number of benzene rings is 3. The summed E-state index contributed by atoms with van der Waals surface area (Å²) in [7, 11) is 8.69. The molecule has 3 aromatic carbocycles. The second kappa shape index (κ2) is 20.5. The van der Waals surface area contributed by atoms with Crippen LogP contribution < -0.4 is 30.6 Å². The number of aryl methyl sites for hydroxylation is 1. The van der Waals surface area contributed by atoms with Gasteiger partial charge in [0.15, 0.2) is 0 Å². The summed E-state index contributed by atoms with van der Waals surface area (Å²) < 4.78 is 6.10. The van der Waals surface area contributed by atoms with Crippen molar-refractivity contribution in [2.75, 3.05) is 95.8 Å². The van der Waals surface area contributed by atoms with Gasteiger partial charge in [0, 0.05) is 121 Å². The average molecular weight is 887 g/mol. The van der Waals surface area contributed by atoms with Crippen LogP contribution >= 0.6 is 0 Å². The molecule has 5 amide bonds. The van der Waals surface area contributed by atoms with Gasteiger partial charge in [0.2, 0.25) is 24.1 Å². The molecule has 0 aliphatic carbocycles. The Morgan fingerprint density at radius 2 is 1.72 bits per heavy atom. The number of nitrogens with one attached hydrogen (secondary N) is 2. The van der Waals surface area contributed by atoms with Crippen molar-refractivity contribution >= 4 is 63.6 Å². The molecule has 16 nitrogen and oxygen atoms in total. The van der Waals surface area contributed by atoms with Gasteiger partial charge in [-0.25, -0.2) is 5.84 Å². The summed E-state index contributed by atoms with van der Waals surface area (Å²) in [4.78, 5) is 77.6. The highest BCUT2D eigenvalue weighted by atomic mass is 16.5. The van der Waals surface area contributed by atoms with Crippen LogP contribution in [-0.4, -0.2) is 142 Å². The summed E-state index contributed by atoms with van der Waals surface area (Å²) in [6.07, 6.45) is 8.60. The number of hydrogen-bond acceptors (Lipinski definition) is 11. The van der Waals surface area contributed by atoms with Crippen LogP contribution in [0.2, 0.25) is 0 Å². The van der Waals surface area contributed by atoms with E-state index >= 15 is 0 Å². The molecule has 3 aliphatic rings. The molecule has 1 atom stereocenters.